The average molecular weight is 605 g/mol. The van der Waals surface area contributed by atoms with Gasteiger partial charge in [-0.15, -0.1) is 0 Å². The third-order valence-corrected chi connectivity index (χ3v) is 8.83. The van der Waals surface area contributed by atoms with E-state index in [0.717, 1.165) is 15.4 Å². The van der Waals surface area contributed by atoms with Crippen LogP contribution in [-0.4, -0.2) is 44.3 Å². The van der Waals surface area contributed by atoms with E-state index in [1.165, 1.54) is 29.2 Å². The molecule has 1 N–H and O–H groups in total. The smallest absolute Gasteiger partial charge is 0.264 e. The summed E-state index contributed by atoms with van der Waals surface area (Å²) in [5.74, 6) is -0.650. The molecule has 214 valence electrons. The highest BCUT2D eigenvalue weighted by Gasteiger charge is 2.32. The number of aryl methyl sites for hydroxylation is 2. The van der Waals surface area contributed by atoms with Gasteiger partial charge in [0.2, 0.25) is 11.8 Å². The average Bonchev–Trinajstić information content (AvgIpc) is 2.90. The van der Waals surface area contributed by atoms with E-state index in [4.69, 9.17) is 23.2 Å². The standard InChI is InChI=1S/C30H35Cl2N3O4S/c1-20(2)17-33-30(37)23(5)34(18-24-7-6-8-26(32)16-24)29(36)19-35(27-12-9-21(3)22(4)15-27)40(38,39)28-13-10-25(31)11-14-28/h6-16,20,23H,17-19H2,1-5H3,(H,33,37)/t23-/m0/s1. The van der Waals surface area contributed by atoms with Crippen molar-refractivity contribution in [3.05, 3.63) is 93.5 Å². The first-order chi connectivity index (χ1) is 18.8. The van der Waals surface area contributed by atoms with Crippen LogP contribution in [0.1, 0.15) is 37.5 Å². The molecule has 0 fully saturated rings. The predicted octanol–water partition coefficient (Wildman–Crippen LogP) is 6.00. The maximum Gasteiger partial charge on any atom is 0.264 e. The van der Waals surface area contributed by atoms with E-state index in [1.807, 2.05) is 33.8 Å². The van der Waals surface area contributed by atoms with Crippen LogP contribution in [0.2, 0.25) is 10.0 Å². The van der Waals surface area contributed by atoms with Gasteiger partial charge in [0.05, 0.1) is 10.6 Å². The summed E-state index contributed by atoms with van der Waals surface area (Å²) in [5.41, 5.74) is 2.91. The normalized spacial score (nSPS) is 12.2. The number of carbonyl (C=O) groups is 2. The van der Waals surface area contributed by atoms with Gasteiger partial charge in [-0.05, 0) is 91.9 Å². The largest absolute Gasteiger partial charge is 0.354 e. The summed E-state index contributed by atoms with van der Waals surface area (Å²) in [5, 5.41) is 3.75. The number of halogens is 2. The number of anilines is 1. The molecule has 0 aliphatic carbocycles. The Morgan fingerprint density at radius 3 is 2.15 bits per heavy atom. The first kappa shape index (κ1) is 31.5. The highest BCUT2D eigenvalue weighted by atomic mass is 35.5. The fourth-order valence-corrected chi connectivity index (χ4v) is 5.76. The highest BCUT2D eigenvalue weighted by molar-refractivity contribution is 7.92. The van der Waals surface area contributed by atoms with Crippen molar-refractivity contribution < 1.29 is 18.0 Å². The molecule has 0 saturated carbocycles. The molecule has 0 radical (unpaired) electrons. The molecular weight excluding hydrogens is 569 g/mol. The number of nitrogens with zero attached hydrogens (tertiary/aromatic N) is 2. The molecule has 3 aromatic rings. The zero-order valence-corrected chi connectivity index (χ0v) is 25.6. The quantitative estimate of drug-likeness (QED) is 0.291. The molecular formula is C30H35Cl2N3O4S. The lowest BCUT2D eigenvalue weighted by atomic mass is 10.1. The van der Waals surface area contributed by atoms with Crippen molar-refractivity contribution in [1.82, 2.24) is 10.2 Å². The van der Waals surface area contributed by atoms with E-state index in [-0.39, 0.29) is 23.3 Å². The predicted molar refractivity (Wildman–Crippen MR) is 161 cm³/mol. The van der Waals surface area contributed by atoms with Crippen molar-refractivity contribution in [2.24, 2.45) is 5.92 Å². The number of amides is 2. The van der Waals surface area contributed by atoms with Crippen LogP contribution >= 0.6 is 23.2 Å². The summed E-state index contributed by atoms with van der Waals surface area (Å²) in [7, 11) is -4.17. The molecule has 2 amide bonds. The summed E-state index contributed by atoms with van der Waals surface area (Å²) in [6.45, 7) is 9.38. The van der Waals surface area contributed by atoms with Crippen molar-refractivity contribution in [2.75, 3.05) is 17.4 Å². The Morgan fingerprint density at radius 2 is 1.55 bits per heavy atom. The van der Waals surface area contributed by atoms with E-state index in [1.54, 1.807) is 43.3 Å². The number of sulfonamides is 1. The molecule has 3 aromatic carbocycles. The molecule has 40 heavy (non-hydrogen) atoms. The van der Waals surface area contributed by atoms with E-state index in [2.05, 4.69) is 5.32 Å². The van der Waals surface area contributed by atoms with Gasteiger partial charge in [-0.3, -0.25) is 13.9 Å². The fourth-order valence-electron chi connectivity index (χ4n) is 4.01. The van der Waals surface area contributed by atoms with Gasteiger partial charge in [-0.25, -0.2) is 8.42 Å². The van der Waals surface area contributed by atoms with Crippen LogP contribution in [0.5, 0.6) is 0 Å². The van der Waals surface area contributed by atoms with E-state index >= 15 is 0 Å². The van der Waals surface area contributed by atoms with Gasteiger partial charge in [-0.2, -0.15) is 0 Å². The van der Waals surface area contributed by atoms with Crippen LogP contribution in [0.25, 0.3) is 0 Å². The van der Waals surface area contributed by atoms with Crippen LogP contribution in [-0.2, 0) is 26.2 Å². The third-order valence-electron chi connectivity index (χ3n) is 6.55. The van der Waals surface area contributed by atoms with Crippen molar-refractivity contribution in [3.63, 3.8) is 0 Å². The summed E-state index contributed by atoms with van der Waals surface area (Å²) >= 11 is 12.2. The van der Waals surface area contributed by atoms with Gasteiger partial charge in [0.15, 0.2) is 0 Å². The molecule has 1 atom stereocenters. The van der Waals surface area contributed by atoms with E-state index < -0.39 is 28.5 Å². The lowest BCUT2D eigenvalue weighted by Crippen LogP contribution is -2.51. The first-order valence-electron chi connectivity index (χ1n) is 13.0. The second-order valence-electron chi connectivity index (χ2n) is 10.2. The topological polar surface area (TPSA) is 86.8 Å². The number of benzene rings is 3. The minimum atomic E-state index is -4.17. The van der Waals surface area contributed by atoms with Crippen LogP contribution < -0.4 is 9.62 Å². The molecule has 0 aromatic heterocycles. The maximum absolute atomic E-state index is 14.0. The summed E-state index contributed by atoms with van der Waals surface area (Å²) in [6, 6.07) is 17.1. The van der Waals surface area contributed by atoms with Crippen molar-refractivity contribution in [2.45, 2.75) is 52.1 Å². The summed E-state index contributed by atoms with van der Waals surface area (Å²) in [6.07, 6.45) is 0. The van der Waals surface area contributed by atoms with Crippen molar-refractivity contribution in [1.29, 1.82) is 0 Å². The minimum Gasteiger partial charge on any atom is -0.354 e. The Hall–Kier alpha value is -3.07. The molecule has 0 bridgehead atoms. The van der Waals surface area contributed by atoms with Crippen LogP contribution in [0, 0.1) is 19.8 Å². The SMILES string of the molecule is Cc1ccc(N(CC(=O)N(Cc2cccc(Cl)c2)[C@@H](C)C(=O)NCC(C)C)S(=O)(=O)c2ccc(Cl)cc2)cc1C. The highest BCUT2D eigenvalue weighted by Crippen LogP contribution is 2.27. The second kappa shape index (κ2) is 13.5. The Balaban J connectivity index is 2.04. The summed E-state index contributed by atoms with van der Waals surface area (Å²) in [4.78, 5) is 28.4. The van der Waals surface area contributed by atoms with Crippen LogP contribution in [0.4, 0.5) is 5.69 Å². The van der Waals surface area contributed by atoms with Gasteiger partial charge >= 0.3 is 0 Å². The number of hydrogen-bond acceptors (Lipinski definition) is 4. The van der Waals surface area contributed by atoms with Gasteiger partial charge in [0, 0.05) is 23.1 Å². The number of rotatable bonds is 11. The maximum atomic E-state index is 14.0. The van der Waals surface area contributed by atoms with Gasteiger partial charge in [0.1, 0.15) is 12.6 Å². The van der Waals surface area contributed by atoms with Gasteiger partial charge < -0.3 is 10.2 Å². The molecule has 3 rings (SSSR count). The zero-order valence-electron chi connectivity index (χ0n) is 23.3. The monoisotopic (exact) mass is 603 g/mol. The number of nitrogens with one attached hydrogen (secondary N) is 1. The van der Waals surface area contributed by atoms with Crippen LogP contribution in [0.3, 0.4) is 0 Å². The fraction of sp³-hybridized carbons (Fsp3) is 0.333. The molecule has 0 unspecified atom stereocenters. The number of carbonyl (C=O) groups excluding carboxylic acids is 2. The van der Waals surface area contributed by atoms with E-state index in [0.29, 0.717) is 27.8 Å². The van der Waals surface area contributed by atoms with Gasteiger partial charge in [0.25, 0.3) is 10.0 Å². The van der Waals surface area contributed by atoms with Gasteiger partial charge in [-0.1, -0.05) is 55.2 Å². The third kappa shape index (κ3) is 7.99. The second-order valence-corrected chi connectivity index (χ2v) is 12.9. The Bertz CT molecular complexity index is 1460. The zero-order chi connectivity index (χ0) is 29.6. The molecule has 7 nitrogen and oxygen atoms in total. The molecule has 10 heteroatoms. The van der Waals surface area contributed by atoms with Crippen LogP contribution in [0.15, 0.2) is 71.6 Å². The summed E-state index contributed by atoms with van der Waals surface area (Å²) < 4.78 is 28.9. The number of hydrogen-bond donors (Lipinski definition) is 1. The van der Waals surface area contributed by atoms with Crippen molar-refractivity contribution in [3.8, 4) is 0 Å². The Labute approximate surface area is 247 Å². The minimum absolute atomic E-state index is 0.00737. The van der Waals surface area contributed by atoms with Crippen molar-refractivity contribution >= 4 is 50.7 Å². The molecule has 0 heterocycles. The molecule has 0 aliphatic rings. The lowest BCUT2D eigenvalue weighted by molar-refractivity contribution is -0.139. The lowest BCUT2D eigenvalue weighted by Gasteiger charge is -2.32. The first-order valence-corrected chi connectivity index (χ1v) is 15.2. The Kier molecular flexibility index (Phi) is 10.6. The molecule has 0 saturated heterocycles. The Morgan fingerprint density at radius 1 is 0.875 bits per heavy atom. The molecule has 0 aliphatic heterocycles. The molecule has 0 spiro atoms. The van der Waals surface area contributed by atoms with E-state index in [9.17, 15) is 18.0 Å².